The largest absolute Gasteiger partial charge is 0.493 e. The van der Waals surface area contributed by atoms with E-state index >= 15 is 4.39 Å². The minimum atomic E-state index is -4.15. The molecule has 3 fully saturated rings. The van der Waals surface area contributed by atoms with Crippen molar-refractivity contribution in [2.45, 2.75) is 63.6 Å². The lowest BCUT2D eigenvalue weighted by molar-refractivity contribution is -0.256. The maximum Gasteiger partial charge on any atom is 0.395 e. The van der Waals surface area contributed by atoms with E-state index in [9.17, 15) is 22.8 Å². The summed E-state index contributed by atoms with van der Waals surface area (Å²) in [7, 11) is 0. The molecule has 222 valence electrons. The van der Waals surface area contributed by atoms with Gasteiger partial charge in [-0.1, -0.05) is 18.6 Å². The zero-order valence-electron chi connectivity index (χ0n) is 23.1. The summed E-state index contributed by atoms with van der Waals surface area (Å²) in [5.41, 5.74) is 5.34. The number of nitrogens with zero attached hydrogens (tertiary/aromatic N) is 2. The molecular formula is C31H37F4N3O3. The van der Waals surface area contributed by atoms with E-state index in [4.69, 9.17) is 10.5 Å². The van der Waals surface area contributed by atoms with Crippen molar-refractivity contribution in [2.24, 2.45) is 17.1 Å². The molecular weight excluding hydrogens is 538 g/mol. The van der Waals surface area contributed by atoms with Gasteiger partial charge in [-0.3, -0.25) is 9.59 Å². The second kappa shape index (κ2) is 12.0. The monoisotopic (exact) mass is 575 g/mol. The molecule has 1 saturated carbocycles. The summed E-state index contributed by atoms with van der Waals surface area (Å²) >= 11 is 0. The van der Waals surface area contributed by atoms with Crippen molar-refractivity contribution in [3.05, 3.63) is 53.8 Å². The van der Waals surface area contributed by atoms with Crippen molar-refractivity contribution in [2.75, 3.05) is 32.8 Å². The summed E-state index contributed by atoms with van der Waals surface area (Å²) < 4.78 is 61.4. The molecule has 2 saturated heterocycles. The summed E-state index contributed by atoms with van der Waals surface area (Å²) in [5.74, 6) is -0.630. The standard InChI is InChI=1S/C31H37F4N3O3/c32-26-18-24(41-19-21-11-16-37(17-12-21)20-30(13-3-14-30)31(33,34)35)9-10-25(26)22-5-7-23(8-6-22)29(40)38-15-2-1-4-27(38)28(36)39/h5-10,18,21,27H,1-4,11-17,19-20H2,(H2,36,39)/t27-/m0/s1. The van der Waals surface area contributed by atoms with Gasteiger partial charge in [-0.2, -0.15) is 13.2 Å². The van der Waals surface area contributed by atoms with Gasteiger partial charge in [0.05, 0.1) is 12.0 Å². The molecule has 2 aromatic carbocycles. The third-order valence-electron chi connectivity index (χ3n) is 9.11. The van der Waals surface area contributed by atoms with Gasteiger partial charge in [0.15, 0.2) is 0 Å². The highest BCUT2D eigenvalue weighted by molar-refractivity contribution is 5.97. The van der Waals surface area contributed by atoms with Crippen molar-refractivity contribution in [1.29, 1.82) is 0 Å². The minimum absolute atomic E-state index is 0.0814. The Labute approximate surface area is 237 Å². The number of alkyl halides is 3. The number of hydrogen-bond donors (Lipinski definition) is 1. The zero-order chi connectivity index (χ0) is 29.2. The smallest absolute Gasteiger partial charge is 0.395 e. The van der Waals surface area contributed by atoms with Gasteiger partial charge in [0.2, 0.25) is 5.91 Å². The van der Waals surface area contributed by atoms with Gasteiger partial charge in [0, 0.05) is 30.3 Å². The van der Waals surface area contributed by atoms with E-state index in [0.29, 0.717) is 61.5 Å². The average molecular weight is 576 g/mol. The van der Waals surface area contributed by atoms with Gasteiger partial charge >= 0.3 is 6.18 Å². The summed E-state index contributed by atoms with van der Waals surface area (Å²) in [5, 5.41) is 0. The van der Waals surface area contributed by atoms with Crippen LogP contribution in [0.4, 0.5) is 17.6 Å². The third-order valence-corrected chi connectivity index (χ3v) is 9.11. The number of nitrogens with two attached hydrogens (primary N) is 1. The molecule has 0 unspecified atom stereocenters. The molecule has 2 N–H and O–H groups in total. The Morgan fingerprint density at radius 2 is 1.66 bits per heavy atom. The number of carbonyl (C=O) groups excluding carboxylic acids is 2. The van der Waals surface area contributed by atoms with Crippen molar-refractivity contribution < 1.29 is 31.9 Å². The van der Waals surface area contributed by atoms with Gasteiger partial charge in [-0.15, -0.1) is 0 Å². The number of piperidine rings is 2. The fourth-order valence-electron chi connectivity index (χ4n) is 6.34. The fraction of sp³-hybridized carbons (Fsp3) is 0.548. The van der Waals surface area contributed by atoms with E-state index in [0.717, 1.165) is 25.7 Å². The summed E-state index contributed by atoms with van der Waals surface area (Å²) in [6.07, 6.45) is 0.647. The number of rotatable bonds is 8. The van der Waals surface area contributed by atoms with Crippen LogP contribution in [0, 0.1) is 17.2 Å². The second-order valence-electron chi connectivity index (χ2n) is 11.8. The summed E-state index contributed by atoms with van der Waals surface area (Å²) in [6.45, 7) is 2.16. The van der Waals surface area contributed by atoms with Gasteiger partial charge < -0.3 is 20.3 Å². The van der Waals surface area contributed by atoms with Crippen LogP contribution in [0.3, 0.4) is 0 Å². The van der Waals surface area contributed by atoms with Crippen LogP contribution in [-0.4, -0.2) is 66.6 Å². The lowest BCUT2D eigenvalue weighted by Crippen LogP contribution is -2.53. The van der Waals surface area contributed by atoms with Crippen LogP contribution < -0.4 is 10.5 Å². The number of likely N-dealkylation sites (tertiary alicyclic amines) is 2. The lowest BCUT2D eigenvalue weighted by atomic mass is 9.67. The molecule has 2 amide bonds. The van der Waals surface area contributed by atoms with Gasteiger partial charge in [0.1, 0.15) is 17.6 Å². The molecule has 10 heteroatoms. The molecule has 0 bridgehead atoms. The number of benzene rings is 2. The molecule has 2 aliphatic heterocycles. The number of amides is 2. The van der Waals surface area contributed by atoms with E-state index in [-0.39, 0.29) is 31.2 Å². The summed E-state index contributed by atoms with van der Waals surface area (Å²) in [4.78, 5) is 28.2. The Morgan fingerprint density at radius 3 is 2.24 bits per heavy atom. The first kappa shape index (κ1) is 29.4. The Kier molecular flexibility index (Phi) is 8.59. The Bertz CT molecular complexity index is 1240. The number of carbonyl (C=O) groups is 2. The normalized spacial score (nSPS) is 21.8. The predicted molar refractivity (Wildman–Crippen MR) is 147 cm³/mol. The van der Waals surface area contributed by atoms with Crippen molar-refractivity contribution >= 4 is 11.8 Å². The van der Waals surface area contributed by atoms with Crippen LogP contribution in [0.5, 0.6) is 5.75 Å². The molecule has 5 rings (SSSR count). The lowest BCUT2D eigenvalue weighted by Gasteiger charge is -2.47. The first-order valence-corrected chi connectivity index (χ1v) is 14.5. The predicted octanol–water partition coefficient (Wildman–Crippen LogP) is 5.80. The Balaban J connectivity index is 1.13. The van der Waals surface area contributed by atoms with Crippen LogP contribution in [0.15, 0.2) is 42.5 Å². The topological polar surface area (TPSA) is 75.9 Å². The van der Waals surface area contributed by atoms with Crippen molar-refractivity contribution in [3.63, 3.8) is 0 Å². The number of primary amides is 1. The van der Waals surface area contributed by atoms with E-state index in [1.165, 1.54) is 11.0 Å². The van der Waals surface area contributed by atoms with Crippen LogP contribution in [0.25, 0.3) is 11.1 Å². The van der Waals surface area contributed by atoms with Crippen LogP contribution in [-0.2, 0) is 4.79 Å². The Morgan fingerprint density at radius 1 is 0.951 bits per heavy atom. The number of ether oxygens (including phenoxy) is 1. The first-order valence-electron chi connectivity index (χ1n) is 14.5. The maximum atomic E-state index is 15.0. The van der Waals surface area contributed by atoms with Crippen molar-refractivity contribution in [3.8, 4) is 16.9 Å². The molecule has 1 atom stereocenters. The van der Waals surface area contributed by atoms with Crippen LogP contribution in [0.1, 0.15) is 61.7 Å². The van der Waals surface area contributed by atoms with Gasteiger partial charge in [-0.05, 0) is 93.8 Å². The van der Waals surface area contributed by atoms with E-state index < -0.39 is 29.4 Å². The quantitative estimate of drug-likeness (QED) is 0.404. The Hall–Kier alpha value is -3.14. The highest BCUT2D eigenvalue weighted by Gasteiger charge is 2.58. The maximum absolute atomic E-state index is 15.0. The molecule has 3 aliphatic rings. The fourth-order valence-corrected chi connectivity index (χ4v) is 6.34. The van der Waals surface area contributed by atoms with Crippen molar-refractivity contribution in [1.82, 2.24) is 9.80 Å². The molecule has 0 radical (unpaired) electrons. The van der Waals surface area contributed by atoms with Crippen LogP contribution >= 0.6 is 0 Å². The number of halogens is 4. The second-order valence-corrected chi connectivity index (χ2v) is 11.8. The molecule has 0 aromatic heterocycles. The highest BCUT2D eigenvalue weighted by atomic mass is 19.4. The van der Waals surface area contributed by atoms with Gasteiger partial charge in [-0.25, -0.2) is 4.39 Å². The molecule has 1 aliphatic carbocycles. The molecule has 0 spiro atoms. The van der Waals surface area contributed by atoms with E-state index in [1.54, 1.807) is 36.4 Å². The molecule has 2 aromatic rings. The first-order chi connectivity index (χ1) is 19.6. The highest BCUT2D eigenvalue weighted by Crippen LogP contribution is 2.53. The average Bonchev–Trinajstić information content (AvgIpc) is 2.93. The molecule has 6 nitrogen and oxygen atoms in total. The zero-order valence-corrected chi connectivity index (χ0v) is 23.1. The summed E-state index contributed by atoms with van der Waals surface area (Å²) in [6, 6.07) is 10.7. The SMILES string of the molecule is NC(=O)[C@@H]1CCCCN1C(=O)c1ccc(-c2ccc(OCC3CCN(CC4(C(F)(F)F)CCC4)CC3)cc2F)cc1. The number of hydrogen-bond acceptors (Lipinski definition) is 4. The molecule has 41 heavy (non-hydrogen) atoms. The van der Waals surface area contributed by atoms with Crippen LogP contribution in [0.2, 0.25) is 0 Å². The van der Waals surface area contributed by atoms with E-state index in [2.05, 4.69) is 0 Å². The van der Waals surface area contributed by atoms with Gasteiger partial charge in [0.25, 0.3) is 5.91 Å². The third kappa shape index (κ3) is 6.37. The minimum Gasteiger partial charge on any atom is -0.493 e. The molecule has 2 heterocycles. The van der Waals surface area contributed by atoms with E-state index in [1.807, 2.05) is 4.90 Å².